The van der Waals surface area contributed by atoms with Crippen molar-refractivity contribution >= 4 is 19.7 Å². The molecule has 0 aliphatic heterocycles. The molecule has 0 saturated carbocycles. The highest BCUT2D eigenvalue weighted by Gasteiger charge is 2.26. The normalized spacial score (nSPS) is 12.1. The van der Waals surface area contributed by atoms with Gasteiger partial charge in [-0.2, -0.15) is 0 Å². The van der Waals surface area contributed by atoms with Crippen LogP contribution in [0.25, 0.3) is 0 Å². The summed E-state index contributed by atoms with van der Waals surface area (Å²) in [6, 6.07) is 16.6. The average molecular weight is 407 g/mol. The number of benzene rings is 2. The van der Waals surface area contributed by atoms with Crippen LogP contribution in [0.3, 0.4) is 0 Å². The molecule has 0 fully saturated rings. The van der Waals surface area contributed by atoms with Gasteiger partial charge in [0.15, 0.2) is 0 Å². The summed E-state index contributed by atoms with van der Waals surface area (Å²) in [6.45, 7) is -0.0240. The Morgan fingerprint density at radius 3 is 1.89 bits per heavy atom. The topological polar surface area (TPSA) is 122 Å². The third-order valence-corrected chi connectivity index (χ3v) is 4.56. The monoisotopic (exact) mass is 407 g/mol. The molecule has 0 aliphatic carbocycles. The summed E-state index contributed by atoms with van der Waals surface area (Å²) in [5.74, 6) is -0.797. The molecule has 2 rings (SSSR count). The number of carbonyl (C=O) groups is 2. The Bertz CT molecular complexity index is 808. The predicted octanol–water partition coefficient (Wildman–Crippen LogP) is 2.59. The van der Waals surface area contributed by atoms with Crippen LogP contribution in [0, 0.1) is 0 Å². The van der Waals surface area contributed by atoms with Crippen LogP contribution in [0.15, 0.2) is 60.7 Å². The zero-order valence-corrected chi connectivity index (χ0v) is 16.0. The minimum atomic E-state index is -4.34. The van der Waals surface area contributed by atoms with E-state index in [9.17, 15) is 14.2 Å². The first-order chi connectivity index (χ1) is 13.3. The molecular formula is C19H22NO7P. The van der Waals surface area contributed by atoms with Gasteiger partial charge in [0.05, 0.1) is 6.16 Å². The number of esters is 1. The number of hydrogen-bond donors (Lipinski definition) is 3. The van der Waals surface area contributed by atoms with E-state index in [1.54, 1.807) is 48.5 Å². The van der Waals surface area contributed by atoms with Crippen molar-refractivity contribution in [3.05, 3.63) is 71.8 Å². The first-order valence-corrected chi connectivity index (χ1v) is 10.4. The van der Waals surface area contributed by atoms with Gasteiger partial charge in [-0.25, -0.2) is 9.59 Å². The summed E-state index contributed by atoms with van der Waals surface area (Å²) in [6.07, 6.45) is -1.73. The molecule has 0 heterocycles. The third-order valence-electron chi connectivity index (χ3n) is 3.72. The highest BCUT2D eigenvalue weighted by Crippen LogP contribution is 2.35. The van der Waals surface area contributed by atoms with E-state index >= 15 is 0 Å². The van der Waals surface area contributed by atoms with Crippen molar-refractivity contribution < 1.29 is 33.4 Å². The molecule has 150 valence electrons. The van der Waals surface area contributed by atoms with Gasteiger partial charge in [-0.05, 0) is 17.5 Å². The second-order valence-corrected chi connectivity index (χ2v) is 7.81. The number of ether oxygens (including phenoxy) is 2. The molecule has 1 atom stereocenters. The predicted molar refractivity (Wildman–Crippen MR) is 101 cm³/mol. The van der Waals surface area contributed by atoms with Crippen molar-refractivity contribution in [1.29, 1.82) is 0 Å². The summed E-state index contributed by atoms with van der Waals surface area (Å²) in [7, 11) is -4.34. The van der Waals surface area contributed by atoms with Crippen molar-refractivity contribution in [2.24, 2.45) is 0 Å². The van der Waals surface area contributed by atoms with E-state index in [-0.39, 0.29) is 19.6 Å². The summed E-state index contributed by atoms with van der Waals surface area (Å²) in [4.78, 5) is 42.4. The molecule has 1 unspecified atom stereocenters. The number of hydrogen-bond acceptors (Lipinski definition) is 5. The molecule has 3 N–H and O–H groups in total. The quantitative estimate of drug-likeness (QED) is 0.431. The average Bonchev–Trinajstić information content (AvgIpc) is 2.68. The minimum Gasteiger partial charge on any atom is -0.459 e. The Morgan fingerprint density at radius 1 is 0.893 bits per heavy atom. The van der Waals surface area contributed by atoms with Crippen LogP contribution < -0.4 is 5.32 Å². The zero-order chi connectivity index (χ0) is 20.4. The molecule has 0 bridgehead atoms. The van der Waals surface area contributed by atoms with Gasteiger partial charge in [-0.3, -0.25) is 4.57 Å². The molecule has 1 amide bonds. The van der Waals surface area contributed by atoms with Crippen molar-refractivity contribution in [3.63, 3.8) is 0 Å². The van der Waals surface area contributed by atoms with Crippen LogP contribution in [0.4, 0.5) is 4.79 Å². The molecule has 0 aromatic heterocycles. The lowest BCUT2D eigenvalue weighted by Crippen LogP contribution is -2.42. The SMILES string of the molecule is O=C(NC(CCP(=O)(O)O)C(=O)OCc1ccccc1)OCc1ccccc1. The fourth-order valence-electron chi connectivity index (χ4n) is 2.28. The summed E-state index contributed by atoms with van der Waals surface area (Å²) in [5.41, 5.74) is 1.51. The van der Waals surface area contributed by atoms with Gasteiger partial charge in [-0.1, -0.05) is 60.7 Å². The van der Waals surface area contributed by atoms with Crippen LogP contribution in [0.5, 0.6) is 0 Å². The molecule has 0 saturated heterocycles. The lowest BCUT2D eigenvalue weighted by Gasteiger charge is -2.18. The van der Waals surface area contributed by atoms with Crippen molar-refractivity contribution in [3.8, 4) is 0 Å². The van der Waals surface area contributed by atoms with Gasteiger partial charge in [0.25, 0.3) is 0 Å². The first kappa shape index (κ1) is 21.6. The molecular weight excluding hydrogens is 385 g/mol. The van der Waals surface area contributed by atoms with Gasteiger partial charge in [0.1, 0.15) is 19.3 Å². The van der Waals surface area contributed by atoms with Crippen LogP contribution in [0.1, 0.15) is 17.5 Å². The second kappa shape index (κ2) is 10.6. The molecule has 28 heavy (non-hydrogen) atoms. The van der Waals surface area contributed by atoms with Crippen LogP contribution in [-0.2, 0) is 32.0 Å². The van der Waals surface area contributed by atoms with Crippen LogP contribution in [-0.4, -0.2) is 34.1 Å². The Labute approximate surface area is 162 Å². The van der Waals surface area contributed by atoms with E-state index < -0.39 is 31.9 Å². The van der Waals surface area contributed by atoms with Gasteiger partial charge in [0.2, 0.25) is 0 Å². The molecule has 0 aliphatic rings. The van der Waals surface area contributed by atoms with E-state index in [0.29, 0.717) is 0 Å². The Morgan fingerprint density at radius 2 is 1.39 bits per heavy atom. The number of nitrogens with one attached hydrogen (secondary N) is 1. The molecule has 2 aromatic rings. The zero-order valence-electron chi connectivity index (χ0n) is 15.1. The Balaban J connectivity index is 1.92. The van der Waals surface area contributed by atoms with E-state index in [4.69, 9.17) is 19.3 Å². The van der Waals surface area contributed by atoms with E-state index in [0.717, 1.165) is 11.1 Å². The number of rotatable bonds is 9. The standard InChI is InChI=1S/C19H22NO7P/c21-18(26-13-15-7-3-1-4-8-15)17(11-12-28(23,24)25)20-19(22)27-14-16-9-5-2-6-10-16/h1-10,17H,11-14H2,(H,20,22)(H2,23,24,25). The highest BCUT2D eigenvalue weighted by molar-refractivity contribution is 7.51. The smallest absolute Gasteiger partial charge is 0.408 e. The lowest BCUT2D eigenvalue weighted by atomic mass is 10.2. The largest absolute Gasteiger partial charge is 0.459 e. The number of alkyl carbamates (subject to hydrolysis) is 1. The minimum absolute atomic E-state index is 0.00303. The highest BCUT2D eigenvalue weighted by atomic mass is 31.2. The van der Waals surface area contributed by atoms with E-state index in [1.807, 2.05) is 12.1 Å². The number of amides is 1. The Hall–Kier alpha value is -2.67. The van der Waals surface area contributed by atoms with E-state index in [1.165, 1.54) is 0 Å². The molecule has 8 nitrogen and oxygen atoms in total. The molecule has 9 heteroatoms. The molecule has 2 aromatic carbocycles. The maximum atomic E-state index is 12.3. The van der Waals surface area contributed by atoms with Crippen molar-refractivity contribution in [1.82, 2.24) is 5.32 Å². The maximum absolute atomic E-state index is 12.3. The Kier molecular flexibility index (Phi) is 8.19. The fraction of sp³-hybridized carbons (Fsp3) is 0.263. The first-order valence-electron chi connectivity index (χ1n) is 8.56. The third kappa shape index (κ3) is 8.35. The lowest BCUT2D eigenvalue weighted by molar-refractivity contribution is -0.147. The van der Waals surface area contributed by atoms with Gasteiger partial charge in [-0.15, -0.1) is 0 Å². The summed E-state index contributed by atoms with van der Waals surface area (Å²) >= 11 is 0. The number of carbonyl (C=O) groups excluding carboxylic acids is 2. The second-order valence-electron chi connectivity index (χ2n) is 6.03. The van der Waals surface area contributed by atoms with Crippen LogP contribution in [0.2, 0.25) is 0 Å². The van der Waals surface area contributed by atoms with Gasteiger partial charge >= 0.3 is 19.7 Å². The molecule has 0 spiro atoms. The summed E-state index contributed by atoms with van der Waals surface area (Å²) < 4.78 is 21.3. The van der Waals surface area contributed by atoms with Crippen molar-refractivity contribution in [2.75, 3.05) is 6.16 Å². The summed E-state index contributed by atoms with van der Waals surface area (Å²) in [5, 5.41) is 2.32. The van der Waals surface area contributed by atoms with Gasteiger partial charge < -0.3 is 24.6 Å². The van der Waals surface area contributed by atoms with Crippen LogP contribution >= 0.6 is 7.60 Å². The van der Waals surface area contributed by atoms with E-state index in [2.05, 4.69) is 5.32 Å². The molecule has 0 radical (unpaired) electrons. The van der Waals surface area contributed by atoms with Gasteiger partial charge in [0, 0.05) is 0 Å². The fourth-order valence-corrected chi connectivity index (χ4v) is 2.88. The maximum Gasteiger partial charge on any atom is 0.408 e. The van der Waals surface area contributed by atoms with Crippen molar-refractivity contribution in [2.45, 2.75) is 25.7 Å².